The normalized spacial score (nSPS) is 11.1. The fourth-order valence-electron chi connectivity index (χ4n) is 1.88. The zero-order valence-electron chi connectivity index (χ0n) is 10.8. The summed E-state index contributed by atoms with van der Waals surface area (Å²) < 4.78 is 5.45. The number of hydrogen-bond donors (Lipinski definition) is 1. The van der Waals surface area contributed by atoms with Crippen LogP contribution in [0.2, 0.25) is 0 Å². The number of aromatic nitrogens is 1. The molecule has 0 fully saturated rings. The number of aryl methyl sites for hydroxylation is 1. The van der Waals surface area contributed by atoms with E-state index in [0.717, 1.165) is 23.7 Å². The van der Waals surface area contributed by atoms with Gasteiger partial charge >= 0.3 is 0 Å². The summed E-state index contributed by atoms with van der Waals surface area (Å²) in [6, 6.07) is 9.72. The Labute approximate surface area is 107 Å². The van der Waals surface area contributed by atoms with E-state index in [9.17, 15) is 0 Å². The molecule has 0 aliphatic carbocycles. The van der Waals surface area contributed by atoms with E-state index in [0.29, 0.717) is 12.3 Å². The van der Waals surface area contributed by atoms with Gasteiger partial charge in [0.2, 0.25) is 0 Å². The number of aliphatic hydroxyl groups excluding tert-OH is 1. The average molecular weight is 246 g/mol. The van der Waals surface area contributed by atoms with E-state index in [1.165, 1.54) is 0 Å². The van der Waals surface area contributed by atoms with E-state index in [1.54, 1.807) is 6.07 Å². The van der Waals surface area contributed by atoms with Gasteiger partial charge in [-0.15, -0.1) is 0 Å². The average Bonchev–Trinajstić information content (AvgIpc) is 2.76. The Kier molecular flexibility index (Phi) is 4.12. The molecule has 4 heteroatoms. The van der Waals surface area contributed by atoms with Crippen LogP contribution in [-0.4, -0.2) is 22.0 Å². The third-order valence-corrected chi connectivity index (χ3v) is 2.68. The van der Waals surface area contributed by atoms with Crippen molar-refractivity contribution < 1.29 is 9.52 Å². The summed E-state index contributed by atoms with van der Waals surface area (Å²) in [5.41, 5.74) is 2.08. The maximum Gasteiger partial charge on any atom is 0.129 e. The Hall–Kier alpha value is -1.65. The Morgan fingerprint density at radius 1 is 1.17 bits per heavy atom. The number of rotatable bonds is 5. The van der Waals surface area contributed by atoms with Crippen LogP contribution in [0.15, 0.2) is 34.7 Å². The van der Waals surface area contributed by atoms with Crippen LogP contribution in [-0.2, 0) is 19.7 Å². The van der Waals surface area contributed by atoms with Crippen molar-refractivity contribution in [3.8, 4) is 0 Å². The SMILES string of the molecule is Cc1cccc(CN(C)Cc2ccc(CO)o2)n1. The topological polar surface area (TPSA) is 49.5 Å². The molecule has 2 heterocycles. The second-order valence-electron chi connectivity index (χ2n) is 4.47. The smallest absolute Gasteiger partial charge is 0.129 e. The van der Waals surface area contributed by atoms with Gasteiger partial charge in [-0.25, -0.2) is 0 Å². The molecule has 0 atom stereocenters. The van der Waals surface area contributed by atoms with Gasteiger partial charge in [-0.2, -0.15) is 0 Å². The van der Waals surface area contributed by atoms with Crippen molar-refractivity contribution in [1.29, 1.82) is 0 Å². The van der Waals surface area contributed by atoms with Gasteiger partial charge in [0.15, 0.2) is 0 Å². The maximum atomic E-state index is 8.93. The molecule has 18 heavy (non-hydrogen) atoms. The minimum Gasteiger partial charge on any atom is -0.462 e. The lowest BCUT2D eigenvalue weighted by molar-refractivity contribution is 0.230. The highest BCUT2D eigenvalue weighted by atomic mass is 16.4. The van der Waals surface area contributed by atoms with Crippen LogP contribution in [0, 0.1) is 6.92 Å². The number of hydrogen-bond acceptors (Lipinski definition) is 4. The molecule has 0 amide bonds. The number of nitrogens with zero attached hydrogens (tertiary/aromatic N) is 2. The first kappa shape index (κ1) is 12.8. The van der Waals surface area contributed by atoms with E-state index in [1.807, 2.05) is 38.2 Å². The van der Waals surface area contributed by atoms with E-state index in [-0.39, 0.29) is 6.61 Å². The molecule has 0 unspecified atom stereocenters. The summed E-state index contributed by atoms with van der Waals surface area (Å²) in [4.78, 5) is 6.59. The van der Waals surface area contributed by atoms with Crippen molar-refractivity contribution in [2.24, 2.45) is 0 Å². The molecule has 1 N–H and O–H groups in total. The molecule has 2 rings (SSSR count). The van der Waals surface area contributed by atoms with Gasteiger partial charge in [0.05, 0.1) is 12.2 Å². The standard InChI is InChI=1S/C14H18N2O2/c1-11-4-3-5-12(15-11)8-16(2)9-13-6-7-14(10-17)18-13/h3-7,17H,8-10H2,1-2H3. The van der Waals surface area contributed by atoms with Crippen LogP contribution >= 0.6 is 0 Å². The molecular weight excluding hydrogens is 228 g/mol. The first-order chi connectivity index (χ1) is 8.67. The van der Waals surface area contributed by atoms with Crippen molar-refractivity contribution in [2.75, 3.05) is 7.05 Å². The molecule has 0 saturated carbocycles. The Bertz CT molecular complexity index is 508. The van der Waals surface area contributed by atoms with Crippen LogP contribution in [0.4, 0.5) is 0 Å². The summed E-state index contributed by atoms with van der Waals surface area (Å²) in [5, 5.41) is 8.93. The first-order valence-electron chi connectivity index (χ1n) is 5.97. The van der Waals surface area contributed by atoms with Gasteiger partial charge in [-0.05, 0) is 38.2 Å². The van der Waals surface area contributed by atoms with Crippen LogP contribution in [0.25, 0.3) is 0 Å². The molecule has 4 nitrogen and oxygen atoms in total. The van der Waals surface area contributed by atoms with Crippen LogP contribution in [0.5, 0.6) is 0 Å². The zero-order chi connectivity index (χ0) is 13.0. The highest BCUT2D eigenvalue weighted by Crippen LogP contribution is 2.11. The Morgan fingerprint density at radius 3 is 2.61 bits per heavy atom. The summed E-state index contributed by atoms with van der Waals surface area (Å²) in [5.74, 6) is 1.46. The molecule has 0 bridgehead atoms. The molecule has 0 aliphatic rings. The molecular formula is C14H18N2O2. The van der Waals surface area contributed by atoms with Gasteiger partial charge in [0.1, 0.15) is 18.1 Å². The number of furan rings is 1. The molecule has 0 spiro atoms. The monoisotopic (exact) mass is 246 g/mol. The summed E-state index contributed by atoms with van der Waals surface area (Å²) in [7, 11) is 2.02. The molecule has 0 saturated heterocycles. The fourth-order valence-corrected chi connectivity index (χ4v) is 1.88. The van der Waals surface area contributed by atoms with Gasteiger partial charge < -0.3 is 9.52 Å². The number of aliphatic hydroxyl groups is 1. The third kappa shape index (κ3) is 3.42. The second kappa shape index (κ2) is 5.80. The molecule has 0 aliphatic heterocycles. The molecule has 96 valence electrons. The van der Waals surface area contributed by atoms with E-state index in [4.69, 9.17) is 9.52 Å². The lowest BCUT2D eigenvalue weighted by atomic mass is 10.3. The van der Waals surface area contributed by atoms with Gasteiger partial charge in [0, 0.05) is 12.2 Å². The molecule has 0 aromatic carbocycles. The molecule has 2 aromatic heterocycles. The van der Waals surface area contributed by atoms with Crippen molar-refractivity contribution in [3.05, 3.63) is 53.2 Å². The Morgan fingerprint density at radius 2 is 1.94 bits per heavy atom. The largest absolute Gasteiger partial charge is 0.462 e. The highest BCUT2D eigenvalue weighted by Gasteiger charge is 2.06. The maximum absolute atomic E-state index is 8.93. The van der Waals surface area contributed by atoms with Crippen LogP contribution in [0.1, 0.15) is 22.9 Å². The molecule has 2 aromatic rings. The second-order valence-corrected chi connectivity index (χ2v) is 4.47. The highest BCUT2D eigenvalue weighted by molar-refractivity contribution is 5.10. The van der Waals surface area contributed by atoms with Gasteiger partial charge in [0.25, 0.3) is 0 Å². The van der Waals surface area contributed by atoms with Crippen molar-refractivity contribution in [2.45, 2.75) is 26.6 Å². The van der Waals surface area contributed by atoms with Gasteiger partial charge in [-0.3, -0.25) is 9.88 Å². The summed E-state index contributed by atoms with van der Waals surface area (Å²) in [6.07, 6.45) is 0. The van der Waals surface area contributed by atoms with Crippen LogP contribution in [0.3, 0.4) is 0 Å². The first-order valence-corrected chi connectivity index (χ1v) is 5.97. The lowest BCUT2D eigenvalue weighted by Crippen LogP contribution is -2.17. The van der Waals surface area contributed by atoms with E-state index in [2.05, 4.69) is 9.88 Å². The molecule has 0 radical (unpaired) electrons. The quantitative estimate of drug-likeness (QED) is 0.877. The van der Waals surface area contributed by atoms with Gasteiger partial charge in [-0.1, -0.05) is 6.07 Å². The third-order valence-electron chi connectivity index (χ3n) is 2.68. The predicted molar refractivity (Wildman–Crippen MR) is 68.8 cm³/mol. The number of pyridine rings is 1. The van der Waals surface area contributed by atoms with E-state index < -0.39 is 0 Å². The summed E-state index contributed by atoms with van der Waals surface area (Å²) in [6.45, 7) is 3.42. The van der Waals surface area contributed by atoms with Crippen molar-refractivity contribution in [1.82, 2.24) is 9.88 Å². The predicted octanol–water partition coefficient (Wildman–Crippen LogP) is 2.11. The van der Waals surface area contributed by atoms with E-state index >= 15 is 0 Å². The minimum atomic E-state index is -0.0524. The van der Waals surface area contributed by atoms with Crippen LogP contribution < -0.4 is 0 Å². The van der Waals surface area contributed by atoms with Crippen molar-refractivity contribution in [3.63, 3.8) is 0 Å². The Balaban J connectivity index is 1.94. The minimum absolute atomic E-state index is 0.0524. The fraction of sp³-hybridized carbons (Fsp3) is 0.357. The summed E-state index contributed by atoms with van der Waals surface area (Å²) >= 11 is 0. The lowest BCUT2D eigenvalue weighted by Gasteiger charge is -2.14. The zero-order valence-corrected chi connectivity index (χ0v) is 10.8. The van der Waals surface area contributed by atoms with Crippen molar-refractivity contribution >= 4 is 0 Å².